The molecule has 2 aliphatic rings. The Bertz CT molecular complexity index is 611. The van der Waals surface area contributed by atoms with Gasteiger partial charge in [-0.05, 0) is 43.9 Å². The molecule has 20 heavy (non-hydrogen) atoms. The molecule has 7 heteroatoms. The largest absolute Gasteiger partial charge is 0.311 e. The van der Waals surface area contributed by atoms with E-state index in [2.05, 4.69) is 10.0 Å². The summed E-state index contributed by atoms with van der Waals surface area (Å²) in [5, 5.41) is 3.62. The van der Waals surface area contributed by atoms with Gasteiger partial charge in [-0.3, -0.25) is 0 Å². The lowest BCUT2D eigenvalue weighted by Gasteiger charge is -2.29. The van der Waals surface area contributed by atoms with Gasteiger partial charge in [0.05, 0.1) is 0 Å². The highest BCUT2D eigenvalue weighted by Crippen LogP contribution is 2.28. The van der Waals surface area contributed by atoms with Crippen molar-refractivity contribution in [3.05, 3.63) is 29.0 Å². The predicted octanol–water partition coefficient (Wildman–Crippen LogP) is 2.04. The Morgan fingerprint density at radius 3 is 2.50 bits per heavy atom. The van der Waals surface area contributed by atoms with Gasteiger partial charge in [-0.1, -0.05) is 11.6 Å². The number of hydrogen-bond donors (Lipinski definition) is 2. The molecule has 3 rings (SSSR count). The number of fused-ring (bicyclic) bond motifs is 2. The Morgan fingerprint density at radius 2 is 1.90 bits per heavy atom. The second kappa shape index (κ2) is 5.26. The summed E-state index contributed by atoms with van der Waals surface area (Å²) in [6, 6.07) is 4.21. The van der Waals surface area contributed by atoms with E-state index in [1.54, 1.807) is 0 Å². The van der Waals surface area contributed by atoms with E-state index in [0.717, 1.165) is 31.7 Å². The summed E-state index contributed by atoms with van der Waals surface area (Å²) >= 11 is 5.64. The van der Waals surface area contributed by atoms with Crippen molar-refractivity contribution in [2.24, 2.45) is 0 Å². The summed E-state index contributed by atoms with van der Waals surface area (Å²) in [6.07, 6.45) is 3.67. The van der Waals surface area contributed by atoms with Gasteiger partial charge in [-0.25, -0.2) is 17.5 Å². The minimum absolute atomic E-state index is 0.131. The van der Waals surface area contributed by atoms with Gasteiger partial charge >= 0.3 is 0 Å². The van der Waals surface area contributed by atoms with Crippen LogP contribution in [-0.4, -0.2) is 26.5 Å². The highest BCUT2D eigenvalue weighted by Gasteiger charge is 2.35. The van der Waals surface area contributed by atoms with Crippen molar-refractivity contribution in [2.75, 3.05) is 0 Å². The molecule has 0 aliphatic carbocycles. The van der Waals surface area contributed by atoms with Gasteiger partial charge in [-0.15, -0.1) is 0 Å². The first-order valence-electron chi connectivity index (χ1n) is 6.67. The number of sulfonamides is 1. The van der Waals surface area contributed by atoms with Crippen LogP contribution in [0, 0.1) is 5.82 Å². The minimum atomic E-state index is -3.84. The fourth-order valence-corrected chi connectivity index (χ4v) is 4.61. The Hall–Kier alpha value is -0.690. The van der Waals surface area contributed by atoms with E-state index in [1.165, 1.54) is 12.1 Å². The van der Waals surface area contributed by atoms with Crippen LogP contribution in [0.25, 0.3) is 0 Å². The Balaban J connectivity index is 1.78. The van der Waals surface area contributed by atoms with Crippen LogP contribution in [0.1, 0.15) is 25.7 Å². The smallest absolute Gasteiger partial charge is 0.243 e. The second-order valence-corrected chi connectivity index (χ2v) is 7.62. The second-order valence-electron chi connectivity index (χ2n) is 5.50. The lowest BCUT2D eigenvalue weighted by molar-refractivity contribution is 0.345. The molecule has 0 radical (unpaired) electrons. The zero-order valence-electron chi connectivity index (χ0n) is 10.8. The molecule has 0 aromatic heterocycles. The van der Waals surface area contributed by atoms with Crippen LogP contribution in [0.15, 0.2) is 23.1 Å². The first-order chi connectivity index (χ1) is 9.44. The monoisotopic (exact) mass is 318 g/mol. The number of halogens is 2. The zero-order chi connectivity index (χ0) is 14.3. The van der Waals surface area contributed by atoms with E-state index in [1.807, 2.05) is 0 Å². The van der Waals surface area contributed by atoms with Gasteiger partial charge in [0, 0.05) is 23.1 Å². The van der Waals surface area contributed by atoms with Gasteiger partial charge < -0.3 is 5.32 Å². The zero-order valence-corrected chi connectivity index (χ0v) is 12.3. The molecule has 0 saturated carbocycles. The van der Waals surface area contributed by atoms with E-state index in [0.29, 0.717) is 12.1 Å². The topological polar surface area (TPSA) is 58.2 Å². The number of hydrogen-bond acceptors (Lipinski definition) is 3. The van der Waals surface area contributed by atoms with E-state index in [9.17, 15) is 12.8 Å². The van der Waals surface area contributed by atoms with Gasteiger partial charge in [0.25, 0.3) is 0 Å². The van der Waals surface area contributed by atoms with Crippen molar-refractivity contribution in [1.82, 2.24) is 10.0 Å². The minimum Gasteiger partial charge on any atom is -0.311 e. The molecule has 0 spiro atoms. The molecule has 110 valence electrons. The van der Waals surface area contributed by atoms with E-state index in [-0.39, 0.29) is 16.0 Å². The average molecular weight is 319 g/mol. The van der Waals surface area contributed by atoms with Crippen molar-refractivity contribution in [2.45, 2.75) is 48.7 Å². The molecule has 2 heterocycles. The number of piperidine rings is 1. The molecule has 2 aliphatic heterocycles. The Labute approximate surface area is 122 Å². The summed E-state index contributed by atoms with van der Waals surface area (Å²) in [4.78, 5) is -0.340. The molecular weight excluding hydrogens is 303 g/mol. The highest BCUT2D eigenvalue weighted by atomic mass is 35.5. The first-order valence-corrected chi connectivity index (χ1v) is 8.53. The van der Waals surface area contributed by atoms with Crippen LogP contribution >= 0.6 is 11.6 Å². The SMILES string of the molecule is O=S(=O)(NC1CC2CCC(C1)N2)c1ccc(Cl)cc1F. The van der Waals surface area contributed by atoms with Crippen molar-refractivity contribution in [3.8, 4) is 0 Å². The van der Waals surface area contributed by atoms with Crippen molar-refractivity contribution < 1.29 is 12.8 Å². The quantitative estimate of drug-likeness (QED) is 0.896. The molecular formula is C13H16ClFN2O2S. The number of benzene rings is 1. The highest BCUT2D eigenvalue weighted by molar-refractivity contribution is 7.89. The Morgan fingerprint density at radius 1 is 1.25 bits per heavy atom. The van der Waals surface area contributed by atoms with Crippen molar-refractivity contribution in [3.63, 3.8) is 0 Å². The fraction of sp³-hybridized carbons (Fsp3) is 0.538. The number of rotatable bonds is 3. The van der Waals surface area contributed by atoms with Crippen molar-refractivity contribution >= 4 is 21.6 Å². The van der Waals surface area contributed by atoms with Crippen molar-refractivity contribution in [1.29, 1.82) is 0 Å². The van der Waals surface area contributed by atoms with Gasteiger partial charge in [-0.2, -0.15) is 0 Å². The van der Waals surface area contributed by atoms with E-state index < -0.39 is 15.8 Å². The molecule has 2 unspecified atom stereocenters. The maximum Gasteiger partial charge on any atom is 0.243 e. The maximum atomic E-state index is 13.8. The molecule has 0 amide bonds. The summed E-state index contributed by atoms with van der Waals surface area (Å²) in [7, 11) is -3.84. The fourth-order valence-electron chi connectivity index (χ4n) is 3.13. The molecule has 1 aromatic rings. The predicted molar refractivity (Wildman–Crippen MR) is 74.7 cm³/mol. The van der Waals surface area contributed by atoms with Crippen LogP contribution in [0.2, 0.25) is 5.02 Å². The average Bonchev–Trinajstić information content (AvgIpc) is 2.67. The molecule has 4 nitrogen and oxygen atoms in total. The third kappa shape index (κ3) is 2.83. The van der Waals surface area contributed by atoms with Crippen LogP contribution in [0.5, 0.6) is 0 Å². The third-order valence-electron chi connectivity index (χ3n) is 3.98. The van der Waals surface area contributed by atoms with Crippen LogP contribution < -0.4 is 10.0 Å². The third-order valence-corrected chi connectivity index (χ3v) is 5.77. The summed E-state index contributed by atoms with van der Waals surface area (Å²) in [5.74, 6) is -0.818. The Kier molecular flexibility index (Phi) is 3.75. The van der Waals surface area contributed by atoms with Gasteiger partial charge in [0.1, 0.15) is 10.7 Å². The standard InChI is InChI=1S/C13H16ClFN2O2S/c14-8-1-4-13(12(15)5-8)20(18,19)17-11-6-9-2-3-10(7-11)16-9/h1,4-5,9-11,16-17H,2-3,6-7H2. The summed E-state index contributed by atoms with van der Waals surface area (Å²) < 4.78 is 40.9. The van der Waals surface area contributed by atoms with Crippen LogP contribution in [0.4, 0.5) is 4.39 Å². The van der Waals surface area contributed by atoms with E-state index in [4.69, 9.17) is 11.6 Å². The molecule has 2 bridgehead atoms. The first kappa shape index (κ1) is 14.3. The normalized spacial score (nSPS) is 29.6. The molecule has 2 N–H and O–H groups in total. The maximum absolute atomic E-state index is 13.8. The lowest BCUT2D eigenvalue weighted by Crippen LogP contribution is -2.48. The van der Waals surface area contributed by atoms with Crippen LogP contribution in [-0.2, 0) is 10.0 Å². The van der Waals surface area contributed by atoms with Crippen LogP contribution in [0.3, 0.4) is 0 Å². The lowest BCUT2D eigenvalue weighted by atomic mass is 10.0. The van der Waals surface area contributed by atoms with E-state index >= 15 is 0 Å². The summed E-state index contributed by atoms with van der Waals surface area (Å²) in [5.41, 5.74) is 0. The molecule has 2 atom stereocenters. The number of nitrogens with one attached hydrogen (secondary N) is 2. The summed E-state index contributed by atoms with van der Waals surface area (Å²) in [6.45, 7) is 0. The molecule has 2 saturated heterocycles. The van der Waals surface area contributed by atoms with Gasteiger partial charge in [0.15, 0.2) is 0 Å². The van der Waals surface area contributed by atoms with Gasteiger partial charge in [0.2, 0.25) is 10.0 Å². The molecule has 1 aromatic carbocycles. The molecule has 2 fully saturated rings.